The smallest absolute Gasteiger partial charge is 0.272 e. The van der Waals surface area contributed by atoms with Gasteiger partial charge in [0.1, 0.15) is 5.69 Å². The van der Waals surface area contributed by atoms with Crippen LogP contribution in [0.5, 0.6) is 0 Å². The zero-order valence-corrected chi connectivity index (χ0v) is 28.6. The predicted molar refractivity (Wildman–Crippen MR) is 196 cm³/mol. The van der Waals surface area contributed by atoms with Crippen LogP contribution in [0, 0.1) is 0 Å². The minimum atomic E-state index is -0.324. The van der Waals surface area contributed by atoms with E-state index in [1.807, 2.05) is 85.2 Å². The van der Waals surface area contributed by atoms with Crippen LogP contribution in [0.3, 0.4) is 0 Å². The average Bonchev–Trinajstić information content (AvgIpc) is 3.70. The number of hydrogen-bond acceptors (Lipinski definition) is 5. The van der Waals surface area contributed by atoms with E-state index in [1.54, 1.807) is 19.3 Å². The molecule has 1 aliphatic heterocycles. The zero-order chi connectivity index (χ0) is 34.1. The summed E-state index contributed by atoms with van der Waals surface area (Å²) in [6, 6.07) is 25.2. The molecule has 3 aromatic carbocycles. The third kappa shape index (κ3) is 6.64. The monoisotopic (exact) mass is 691 g/mol. The first-order valence-corrected chi connectivity index (χ1v) is 17.0. The second-order valence-corrected chi connectivity index (χ2v) is 13.2. The second kappa shape index (κ2) is 13.8. The first kappa shape index (κ1) is 32.4. The number of benzene rings is 3. The number of carbonyl (C=O) groups excluding carboxylic acids is 2. The Bertz CT molecular complexity index is 2140. The highest BCUT2D eigenvalue weighted by Gasteiger charge is 2.29. The number of H-pyrrole nitrogens is 1. The zero-order valence-electron chi connectivity index (χ0n) is 27.1. The number of fused-ring (bicyclic) bond motifs is 1. The summed E-state index contributed by atoms with van der Waals surface area (Å²) in [6.07, 6.45) is 6.84. The SMILES string of the molecule is CC(=O)NC1CCN(c2ccncc2NC(=O)c2[nH]c3cc(Cl)ccc3c2-c2c(-c3ccccc3)ncn2C(C)c2ccc(Cl)cc2)CC1. The van der Waals surface area contributed by atoms with E-state index < -0.39 is 0 Å². The van der Waals surface area contributed by atoms with Gasteiger partial charge < -0.3 is 25.1 Å². The number of carbonyl (C=O) groups is 2. The van der Waals surface area contributed by atoms with Crippen LogP contribution >= 0.6 is 23.2 Å². The van der Waals surface area contributed by atoms with Gasteiger partial charge in [0.25, 0.3) is 5.91 Å². The molecule has 1 fully saturated rings. The molecule has 3 N–H and O–H groups in total. The fourth-order valence-corrected chi connectivity index (χ4v) is 6.99. The molecule has 2 amide bonds. The van der Waals surface area contributed by atoms with E-state index in [9.17, 15) is 9.59 Å². The summed E-state index contributed by atoms with van der Waals surface area (Å²) in [4.78, 5) is 41.0. The number of halogens is 2. The molecule has 9 nitrogen and oxygen atoms in total. The summed E-state index contributed by atoms with van der Waals surface area (Å²) in [6.45, 7) is 5.11. The van der Waals surface area contributed by atoms with Gasteiger partial charge in [-0.25, -0.2) is 4.98 Å². The van der Waals surface area contributed by atoms with E-state index in [0.717, 1.165) is 65.0 Å². The van der Waals surface area contributed by atoms with Crippen LogP contribution in [0.4, 0.5) is 11.4 Å². The molecule has 49 heavy (non-hydrogen) atoms. The maximum absolute atomic E-state index is 14.5. The molecule has 0 aliphatic carbocycles. The third-order valence-electron chi connectivity index (χ3n) is 9.12. The van der Waals surface area contributed by atoms with Crippen molar-refractivity contribution in [2.24, 2.45) is 0 Å². The standard InChI is InChI=1S/C38H35Cl2N7O2/c1-23(25-8-10-27(39)11-9-25)47-22-42-35(26-6-4-3-5-7-26)37(47)34-30-13-12-28(40)20-31(30)44-36(34)38(49)45-32-21-41-17-14-33(32)46-18-15-29(16-19-46)43-24(2)48/h3-14,17,20-23,29,44H,15-16,18-19H2,1-2H3,(H,43,48)(H,45,49). The normalized spacial score (nSPS) is 14.2. The van der Waals surface area contributed by atoms with Gasteiger partial charge in [0, 0.05) is 64.3 Å². The van der Waals surface area contributed by atoms with Crippen molar-refractivity contribution in [1.29, 1.82) is 0 Å². The van der Waals surface area contributed by atoms with Gasteiger partial charge in [-0.05, 0) is 55.7 Å². The van der Waals surface area contributed by atoms with Gasteiger partial charge in [-0.3, -0.25) is 14.6 Å². The lowest BCUT2D eigenvalue weighted by atomic mass is 9.99. The number of nitrogens with zero attached hydrogens (tertiary/aromatic N) is 4. The van der Waals surface area contributed by atoms with Crippen molar-refractivity contribution in [1.82, 2.24) is 24.8 Å². The van der Waals surface area contributed by atoms with Gasteiger partial charge in [0.05, 0.1) is 41.3 Å². The van der Waals surface area contributed by atoms with Crippen LogP contribution in [0.1, 0.15) is 48.8 Å². The highest BCUT2D eigenvalue weighted by Crippen LogP contribution is 2.42. The topological polar surface area (TPSA) is 108 Å². The number of rotatable bonds is 8. The van der Waals surface area contributed by atoms with Crippen molar-refractivity contribution in [3.05, 3.63) is 119 Å². The van der Waals surface area contributed by atoms with Crippen molar-refractivity contribution in [2.45, 2.75) is 38.8 Å². The Hall–Kier alpha value is -5.12. The Labute approximate surface area is 294 Å². The summed E-state index contributed by atoms with van der Waals surface area (Å²) in [5.74, 6) is -0.347. The average molecular weight is 693 g/mol. The Morgan fingerprint density at radius 2 is 1.69 bits per heavy atom. The van der Waals surface area contributed by atoms with Gasteiger partial charge >= 0.3 is 0 Å². The van der Waals surface area contributed by atoms with Crippen LogP contribution < -0.4 is 15.5 Å². The molecule has 7 rings (SSSR count). The summed E-state index contributed by atoms with van der Waals surface area (Å²) < 4.78 is 2.11. The molecule has 3 aromatic heterocycles. The number of nitrogens with one attached hydrogen (secondary N) is 3. The van der Waals surface area contributed by atoms with Crippen molar-refractivity contribution in [3.8, 4) is 22.5 Å². The molecule has 0 spiro atoms. The lowest BCUT2D eigenvalue weighted by molar-refractivity contribution is -0.119. The quantitative estimate of drug-likeness (QED) is 0.149. The largest absolute Gasteiger partial charge is 0.370 e. The van der Waals surface area contributed by atoms with E-state index in [-0.39, 0.29) is 23.9 Å². The number of piperidine rings is 1. The maximum Gasteiger partial charge on any atom is 0.272 e. The number of anilines is 2. The molecule has 1 saturated heterocycles. The van der Waals surface area contributed by atoms with Crippen molar-refractivity contribution in [2.75, 3.05) is 23.3 Å². The molecule has 11 heteroatoms. The van der Waals surface area contributed by atoms with Gasteiger partial charge in [0.2, 0.25) is 5.91 Å². The Balaban J connectivity index is 1.33. The molecule has 0 saturated carbocycles. The second-order valence-electron chi connectivity index (χ2n) is 12.3. The minimum Gasteiger partial charge on any atom is -0.370 e. The molecule has 1 aliphatic rings. The van der Waals surface area contributed by atoms with Crippen molar-refractivity contribution >= 4 is 57.3 Å². The van der Waals surface area contributed by atoms with E-state index >= 15 is 0 Å². The highest BCUT2D eigenvalue weighted by molar-refractivity contribution is 6.31. The number of aromatic amines is 1. The van der Waals surface area contributed by atoms with E-state index in [2.05, 4.69) is 37.0 Å². The maximum atomic E-state index is 14.5. The molecule has 0 bridgehead atoms. The molecule has 248 valence electrons. The number of aromatic nitrogens is 4. The van der Waals surface area contributed by atoms with Gasteiger partial charge in [-0.2, -0.15) is 0 Å². The first-order chi connectivity index (χ1) is 23.8. The third-order valence-corrected chi connectivity index (χ3v) is 9.61. The van der Waals surface area contributed by atoms with Gasteiger partial charge in [0.15, 0.2) is 0 Å². The van der Waals surface area contributed by atoms with Crippen LogP contribution in [-0.4, -0.2) is 50.5 Å². The lowest BCUT2D eigenvalue weighted by Crippen LogP contribution is -2.44. The van der Waals surface area contributed by atoms with E-state index in [0.29, 0.717) is 27.0 Å². The number of amides is 2. The summed E-state index contributed by atoms with van der Waals surface area (Å²) in [5, 5.41) is 8.24. The van der Waals surface area contributed by atoms with Crippen LogP contribution in [0.15, 0.2) is 97.6 Å². The number of imidazole rings is 1. The van der Waals surface area contributed by atoms with Gasteiger partial charge in [-0.15, -0.1) is 0 Å². The Morgan fingerprint density at radius 1 is 0.959 bits per heavy atom. The first-order valence-electron chi connectivity index (χ1n) is 16.2. The van der Waals surface area contributed by atoms with Gasteiger partial charge in [-0.1, -0.05) is 71.7 Å². The van der Waals surface area contributed by atoms with Crippen LogP contribution in [-0.2, 0) is 4.79 Å². The number of pyridine rings is 1. The molecular weight excluding hydrogens is 657 g/mol. The summed E-state index contributed by atoms with van der Waals surface area (Å²) in [7, 11) is 0. The molecular formula is C38H35Cl2N7O2. The van der Waals surface area contributed by atoms with Crippen LogP contribution in [0.2, 0.25) is 10.0 Å². The van der Waals surface area contributed by atoms with Crippen LogP contribution in [0.25, 0.3) is 33.4 Å². The molecule has 1 unspecified atom stereocenters. The summed E-state index contributed by atoms with van der Waals surface area (Å²) >= 11 is 12.7. The Morgan fingerprint density at radius 3 is 2.43 bits per heavy atom. The molecule has 0 radical (unpaired) electrons. The van der Waals surface area contributed by atoms with Crippen molar-refractivity contribution in [3.63, 3.8) is 0 Å². The minimum absolute atomic E-state index is 0.0231. The lowest BCUT2D eigenvalue weighted by Gasteiger charge is -2.34. The number of hydrogen-bond donors (Lipinski definition) is 3. The highest BCUT2D eigenvalue weighted by atomic mass is 35.5. The molecule has 1 atom stereocenters. The fourth-order valence-electron chi connectivity index (χ4n) is 6.69. The Kier molecular flexibility index (Phi) is 9.12. The molecule has 4 heterocycles. The predicted octanol–water partition coefficient (Wildman–Crippen LogP) is 8.37. The van der Waals surface area contributed by atoms with E-state index in [1.165, 1.54) is 0 Å². The summed E-state index contributed by atoms with van der Waals surface area (Å²) in [5.41, 5.74) is 6.78. The molecule has 6 aromatic rings. The van der Waals surface area contributed by atoms with Crippen molar-refractivity contribution < 1.29 is 9.59 Å². The fraction of sp³-hybridized carbons (Fsp3) is 0.211. The van der Waals surface area contributed by atoms with E-state index in [4.69, 9.17) is 28.2 Å².